The van der Waals surface area contributed by atoms with Crippen molar-refractivity contribution in [3.63, 3.8) is 0 Å². The van der Waals surface area contributed by atoms with Crippen LogP contribution < -0.4 is 21.2 Å². The summed E-state index contributed by atoms with van der Waals surface area (Å²) in [5.41, 5.74) is 5.49. The first kappa shape index (κ1) is 30.5. The van der Waals surface area contributed by atoms with E-state index in [1.54, 1.807) is 0 Å². The van der Waals surface area contributed by atoms with Crippen molar-refractivity contribution < 1.29 is 0 Å². The summed E-state index contributed by atoms with van der Waals surface area (Å²) in [7, 11) is -1.19. The molecule has 0 fully saturated rings. The Bertz CT molecular complexity index is 2200. The van der Waals surface area contributed by atoms with Crippen LogP contribution in [0.5, 0.6) is 0 Å². The Morgan fingerprint density at radius 3 is 1.31 bits per heavy atom. The standard InChI is InChI=1S/C46H36P2/c1-5-19-39(20-6-1)47(40-21-7-2-8-22-40)33-35-31-37-18-14-15-27-43(37)45(32-35)46-38(30-29-36-17-13-16-28-44(36)46)34-48(41-23-9-3-10-24-41)42-25-11-4-12-26-42/h1-32H,33-34H2. The molecule has 0 bridgehead atoms. The van der Waals surface area contributed by atoms with E-state index in [-0.39, 0.29) is 0 Å². The van der Waals surface area contributed by atoms with Gasteiger partial charge in [-0.3, -0.25) is 0 Å². The van der Waals surface area contributed by atoms with Crippen molar-refractivity contribution in [3.05, 3.63) is 205 Å². The maximum atomic E-state index is 2.52. The van der Waals surface area contributed by atoms with E-state index in [9.17, 15) is 0 Å². The highest BCUT2D eigenvalue weighted by Crippen LogP contribution is 2.46. The van der Waals surface area contributed by atoms with Crippen LogP contribution in [0.4, 0.5) is 0 Å². The number of benzene rings is 8. The fourth-order valence-electron chi connectivity index (χ4n) is 6.89. The van der Waals surface area contributed by atoms with Crippen molar-refractivity contribution in [1.82, 2.24) is 0 Å². The minimum Gasteiger partial charge on any atom is -0.0622 e. The maximum absolute atomic E-state index is 2.52. The second kappa shape index (κ2) is 14.1. The van der Waals surface area contributed by atoms with Gasteiger partial charge in [-0.2, -0.15) is 0 Å². The largest absolute Gasteiger partial charge is 0.0622 e. The van der Waals surface area contributed by atoms with Crippen LogP contribution in [0.25, 0.3) is 32.7 Å². The molecular formula is C46H36P2. The minimum atomic E-state index is -0.611. The minimum absolute atomic E-state index is 0.577. The van der Waals surface area contributed by atoms with Crippen LogP contribution in [0.3, 0.4) is 0 Å². The molecule has 8 aromatic carbocycles. The van der Waals surface area contributed by atoms with E-state index in [0.29, 0.717) is 0 Å². The molecule has 0 aromatic heterocycles. The Balaban J connectivity index is 1.32. The molecule has 0 saturated carbocycles. The van der Waals surface area contributed by atoms with E-state index in [1.807, 2.05) is 0 Å². The smallest absolute Gasteiger partial charge is 0.00138 e. The lowest BCUT2D eigenvalue weighted by molar-refractivity contribution is 1.39. The highest BCUT2D eigenvalue weighted by molar-refractivity contribution is 7.72. The first-order valence-electron chi connectivity index (χ1n) is 16.6. The van der Waals surface area contributed by atoms with Gasteiger partial charge in [-0.15, -0.1) is 0 Å². The van der Waals surface area contributed by atoms with Crippen LogP contribution in [0.1, 0.15) is 11.1 Å². The number of fused-ring (bicyclic) bond motifs is 2. The molecule has 0 heterocycles. The van der Waals surface area contributed by atoms with Gasteiger partial charge in [0.2, 0.25) is 0 Å². The van der Waals surface area contributed by atoms with E-state index in [4.69, 9.17) is 0 Å². The summed E-state index contributed by atoms with van der Waals surface area (Å²) in [4.78, 5) is 0. The molecule has 0 aliphatic heterocycles. The highest BCUT2D eigenvalue weighted by atomic mass is 31.1. The predicted molar refractivity (Wildman–Crippen MR) is 212 cm³/mol. The zero-order chi connectivity index (χ0) is 32.1. The fourth-order valence-corrected chi connectivity index (χ4v) is 11.5. The first-order valence-corrected chi connectivity index (χ1v) is 19.7. The third-order valence-electron chi connectivity index (χ3n) is 9.15. The molecule has 0 atom stereocenters. The van der Waals surface area contributed by atoms with Crippen LogP contribution in [-0.4, -0.2) is 0 Å². The fraction of sp³-hybridized carbons (Fsp3) is 0.0435. The zero-order valence-corrected chi connectivity index (χ0v) is 28.6. The average Bonchev–Trinajstić information content (AvgIpc) is 3.17. The van der Waals surface area contributed by atoms with Crippen molar-refractivity contribution in [2.24, 2.45) is 0 Å². The van der Waals surface area contributed by atoms with Gasteiger partial charge in [0.05, 0.1) is 0 Å². The summed E-state index contributed by atoms with van der Waals surface area (Å²) >= 11 is 0. The first-order chi connectivity index (χ1) is 23.8. The van der Waals surface area contributed by atoms with Crippen molar-refractivity contribution >= 4 is 58.6 Å². The zero-order valence-electron chi connectivity index (χ0n) is 26.8. The lowest BCUT2D eigenvalue weighted by Crippen LogP contribution is -2.13. The van der Waals surface area contributed by atoms with Gasteiger partial charge < -0.3 is 0 Å². The molecule has 230 valence electrons. The molecule has 0 aliphatic rings. The predicted octanol–water partition coefficient (Wildman–Crippen LogP) is 10.9. The summed E-state index contributed by atoms with van der Waals surface area (Å²) < 4.78 is 0. The third kappa shape index (κ3) is 6.35. The van der Waals surface area contributed by atoms with Gasteiger partial charge in [0, 0.05) is 12.3 Å². The molecular weight excluding hydrogens is 614 g/mol. The topological polar surface area (TPSA) is 0 Å². The number of hydrogen-bond acceptors (Lipinski definition) is 0. The summed E-state index contributed by atoms with van der Waals surface area (Å²) in [6.07, 6.45) is 1.96. The van der Waals surface area contributed by atoms with Gasteiger partial charge >= 0.3 is 0 Å². The normalized spacial score (nSPS) is 11.5. The monoisotopic (exact) mass is 650 g/mol. The quantitative estimate of drug-likeness (QED) is 0.136. The van der Waals surface area contributed by atoms with Gasteiger partial charge in [0.1, 0.15) is 0 Å². The lowest BCUT2D eigenvalue weighted by atomic mass is 9.89. The lowest BCUT2D eigenvalue weighted by Gasteiger charge is -2.23. The van der Waals surface area contributed by atoms with Crippen LogP contribution >= 0.6 is 15.8 Å². The van der Waals surface area contributed by atoms with Crippen LogP contribution in [0, 0.1) is 0 Å². The second-order valence-electron chi connectivity index (χ2n) is 12.2. The second-order valence-corrected chi connectivity index (χ2v) is 16.6. The molecule has 2 heteroatoms. The highest BCUT2D eigenvalue weighted by Gasteiger charge is 2.21. The third-order valence-corrected chi connectivity index (χ3v) is 14.2. The molecule has 0 nitrogen and oxygen atoms in total. The summed E-state index contributed by atoms with van der Waals surface area (Å²) in [6.45, 7) is 0. The van der Waals surface area contributed by atoms with Crippen molar-refractivity contribution in [3.8, 4) is 11.1 Å². The Morgan fingerprint density at radius 2 is 0.771 bits per heavy atom. The van der Waals surface area contributed by atoms with Crippen LogP contribution in [0.2, 0.25) is 0 Å². The van der Waals surface area contributed by atoms with Gasteiger partial charge in [0.25, 0.3) is 0 Å². The Hall–Kier alpha value is -4.86. The average molecular weight is 651 g/mol. The molecule has 0 saturated heterocycles. The van der Waals surface area contributed by atoms with E-state index in [1.165, 1.54) is 65.0 Å². The maximum Gasteiger partial charge on any atom is 0.00138 e. The molecule has 0 radical (unpaired) electrons. The van der Waals surface area contributed by atoms with Gasteiger partial charge in [-0.05, 0) is 80.9 Å². The summed E-state index contributed by atoms with van der Waals surface area (Å²) in [6, 6.07) is 72.0. The molecule has 8 aromatic rings. The van der Waals surface area contributed by atoms with Crippen molar-refractivity contribution in [2.45, 2.75) is 12.3 Å². The molecule has 8 rings (SSSR count). The SMILES string of the molecule is c1ccc(P(Cc2cc(-c3c(CP(c4ccccc4)c4ccccc4)ccc4ccccc34)c3ccccc3c2)c2ccccc2)cc1. The molecule has 48 heavy (non-hydrogen) atoms. The number of rotatable bonds is 9. The Kier molecular flexibility index (Phi) is 8.95. The summed E-state index contributed by atoms with van der Waals surface area (Å²) in [5.74, 6) is 0. The molecule has 0 amide bonds. The Morgan fingerprint density at radius 1 is 0.333 bits per heavy atom. The molecule has 0 N–H and O–H groups in total. The van der Waals surface area contributed by atoms with E-state index in [2.05, 4.69) is 194 Å². The van der Waals surface area contributed by atoms with Gasteiger partial charge in [-0.25, -0.2) is 0 Å². The Labute approximate surface area is 286 Å². The van der Waals surface area contributed by atoms with Crippen LogP contribution in [0.15, 0.2) is 194 Å². The van der Waals surface area contributed by atoms with E-state index in [0.717, 1.165) is 12.3 Å². The van der Waals surface area contributed by atoms with Crippen molar-refractivity contribution in [1.29, 1.82) is 0 Å². The van der Waals surface area contributed by atoms with E-state index < -0.39 is 15.8 Å². The number of hydrogen-bond donors (Lipinski definition) is 0. The molecule has 0 spiro atoms. The summed E-state index contributed by atoms with van der Waals surface area (Å²) in [5, 5.41) is 10.9. The van der Waals surface area contributed by atoms with Crippen LogP contribution in [-0.2, 0) is 12.3 Å². The van der Waals surface area contributed by atoms with E-state index >= 15 is 0 Å². The van der Waals surface area contributed by atoms with Gasteiger partial charge in [0.15, 0.2) is 0 Å². The van der Waals surface area contributed by atoms with Gasteiger partial charge in [-0.1, -0.05) is 194 Å². The molecule has 0 unspecified atom stereocenters. The molecule has 0 aliphatic carbocycles. The van der Waals surface area contributed by atoms with Crippen molar-refractivity contribution in [2.75, 3.05) is 0 Å².